The lowest BCUT2D eigenvalue weighted by Crippen LogP contribution is -2.26. The fourth-order valence-electron chi connectivity index (χ4n) is 2.53. The molecule has 0 aromatic heterocycles. The van der Waals surface area contributed by atoms with Crippen molar-refractivity contribution >= 4 is 50.5 Å². The predicted octanol–water partition coefficient (Wildman–Crippen LogP) is 5.07. The van der Waals surface area contributed by atoms with Crippen molar-refractivity contribution in [1.29, 1.82) is 0 Å². The molecule has 1 N–H and O–H groups in total. The molecule has 0 fully saturated rings. The molecule has 0 spiro atoms. The summed E-state index contributed by atoms with van der Waals surface area (Å²) in [6.07, 6.45) is 0. The van der Waals surface area contributed by atoms with Crippen molar-refractivity contribution in [2.24, 2.45) is 0 Å². The molecule has 0 aliphatic rings. The van der Waals surface area contributed by atoms with Gasteiger partial charge in [0.1, 0.15) is 0 Å². The van der Waals surface area contributed by atoms with Crippen LogP contribution in [0.2, 0.25) is 10.0 Å². The maximum atomic E-state index is 12.9. The summed E-state index contributed by atoms with van der Waals surface area (Å²) in [4.78, 5) is 12.6. The highest BCUT2D eigenvalue weighted by atomic mass is 35.5. The van der Waals surface area contributed by atoms with E-state index in [1.54, 1.807) is 48.5 Å². The van der Waals surface area contributed by atoms with Gasteiger partial charge >= 0.3 is 0 Å². The van der Waals surface area contributed by atoms with Gasteiger partial charge in [0.05, 0.1) is 26.3 Å². The monoisotopic (exact) mass is 434 g/mol. The minimum Gasteiger partial charge on any atom is -0.321 e. The summed E-state index contributed by atoms with van der Waals surface area (Å²) >= 11 is 12.0. The number of amides is 1. The zero-order valence-electron chi connectivity index (χ0n) is 14.8. The topological polar surface area (TPSA) is 66.5 Å². The van der Waals surface area contributed by atoms with Crippen molar-refractivity contribution in [3.63, 3.8) is 0 Å². The lowest BCUT2D eigenvalue weighted by atomic mass is 10.2. The molecule has 0 unspecified atom stereocenters. The first-order chi connectivity index (χ1) is 13.3. The number of anilines is 2. The number of carbonyl (C=O) groups is 1. The molecule has 0 saturated heterocycles. The average Bonchev–Trinajstić information content (AvgIpc) is 2.71. The van der Waals surface area contributed by atoms with Crippen molar-refractivity contribution in [3.8, 4) is 0 Å². The van der Waals surface area contributed by atoms with E-state index in [1.807, 2.05) is 0 Å². The zero-order chi connectivity index (χ0) is 20.3. The first kappa shape index (κ1) is 20.2. The summed E-state index contributed by atoms with van der Waals surface area (Å²) in [6, 6.07) is 19.3. The number of carbonyl (C=O) groups excluding carboxylic acids is 1. The van der Waals surface area contributed by atoms with Gasteiger partial charge in [-0.2, -0.15) is 0 Å². The number of nitrogens with zero attached hydrogens (tertiary/aromatic N) is 1. The number of rotatable bonds is 5. The Morgan fingerprint density at radius 3 is 2.32 bits per heavy atom. The van der Waals surface area contributed by atoms with E-state index in [1.165, 1.54) is 31.3 Å². The van der Waals surface area contributed by atoms with Gasteiger partial charge in [-0.3, -0.25) is 9.10 Å². The molecule has 0 bridgehead atoms. The minimum atomic E-state index is -3.83. The lowest BCUT2D eigenvalue weighted by Gasteiger charge is -2.19. The number of hydrogen-bond donors (Lipinski definition) is 1. The zero-order valence-corrected chi connectivity index (χ0v) is 17.1. The van der Waals surface area contributed by atoms with Gasteiger partial charge in [0.15, 0.2) is 0 Å². The third kappa shape index (κ3) is 4.14. The van der Waals surface area contributed by atoms with Gasteiger partial charge in [-0.1, -0.05) is 53.5 Å². The highest BCUT2D eigenvalue weighted by Crippen LogP contribution is 2.30. The second-order valence-corrected chi connectivity index (χ2v) is 8.65. The average molecular weight is 435 g/mol. The Morgan fingerprint density at radius 2 is 1.61 bits per heavy atom. The Balaban J connectivity index is 1.89. The van der Waals surface area contributed by atoms with E-state index in [4.69, 9.17) is 23.2 Å². The minimum absolute atomic E-state index is 0.00342. The third-order valence-corrected chi connectivity index (χ3v) is 6.67. The number of nitrogens with one attached hydrogen (secondary N) is 1. The van der Waals surface area contributed by atoms with Gasteiger partial charge in [-0.05, 0) is 42.5 Å². The van der Waals surface area contributed by atoms with Crippen molar-refractivity contribution in [3.05, 3.63) is 88.4 Å². The van der Waals surface area contributed by atoms with Crippen LogP contribution in [-0.4, -0.2) is 21.4 Å². The van der Waals surface area contributed by atoms with Crippen LogP contribution >= 0.6 is 23.2 Å². The molecule has 0 aliphatic carbocycles. The number of benzene rings is 3. The maximum absolute atomic E-state index is 12.9. The molecule has 8 heteroatoms. The molecule has 0 radical (unpaired) electrons. The fourth-order valence-corrected chi connectivity index (χ4v) is 4.12. The Morgan fingerprint density at radius 1 is 0.929 bits per heavy atom. The molecule has 1 amide bonds. The number of para-hydroxylation sites is 1. The van der Waals surface area contributed by atoms with Crippen LogP contribution in [-0.2, 0) is 10.0 Å². The van der Waals surface area contributed by atoms with Crippen LogP contribution in [0.25, 0.3) is 0 Å². The molecule has 3 rings (SSSR count). The van der Waals surface area contributed by atoms with Crippen molar-refractivity contribution in [2.45, 2.75) is 4.90 Å². The van der Waals surface area contributed by atoms with Crippen molar-refractivity contribution < 1.29 is 13.2 Å². The fraction of sp³-hybridized carbons (Fsp3) is 0.0500. The molecule has 3 aromatic rings. The molecule has 0 aliphatic heterocycles. The quantitative estimate of drug-likeness (QED) is 0.609. The van der Waals surface area contributed by atoms with E-state index < -0.39 is 15.9 Å². The summed E-state index contributed by atoms with van der Waals surface area (Å²) in [5.74, 6) is -0.497. The van der Waals surface area contributed by atoms with Crippen LogP contribution in [0.4, 0.5) is 11.4 Å². The van der Waals surface area contributed by atoms with Crippen molar-refractivity contribution in [1.82, 2.24) is 0 Å². The van der Waals surface area contributed by atoms with E-state index in [0.717, 1.165) is 4.31 Å². The van der Waals surface area contributed by atoms with Crippen LogP contribution in [0, 0.1) is 0 Å². The second-order valence-electron chi connectivity index (χ2n) is 5.89. The lowest BCUT2D eigenvalue weighted by molar-refractivity contribution is 0.102. The molecule has 0 atom stereocenters. The molecule has 144 valence electrons. The predicted molar refractivity (Wildman–Crippen MR) is 113 cm³/mol. The highest BCUT2D eigenvalue weighted by molar-refractivity contribution is 7.92. The Labute approximate surface area is 173 Å². The molecule has 0 saturated carbocycles. The van der Waals surface area contributed by atoms with Crippen molar-refractivity contribution in [2.75, 3.05) is 16.7 Å². The number of halogens is 2. The van der Waals surface area contributed by atoms with Crippen LogP contribution < -0.4 is 9.62 Å². The smallest absolute Gasteiger partial charge is 0.264 e. The van der Waals surface area contributed by atoms with E-state index in [0.29, 0.717) is 16.4 Å². The number of sulfonamides is 1. The summed E-state index contributed by atoms with van der Waals surface area (Å²) in [5.41, 5.74) is 1.04. The third-order valence-electron chi connectivity index (χ3n) is 4.07. The first-order valence-electron chi connectivity index (χ1n) is 8.20. The molecular weight excluding hydrogens is 419 g/mol. The van der Waals surface area contributed by atoms with E-state index in [2.05, 4.69) is 5.32 Å². The van der Waals surface area contributed by atoms with E-state index >= 15 is 0 Å². The van der Waals surface area contributed by atoms with E-state index in [9.17, 15) is 13.2 Å². The van der Waals surface area contributed by atoms with Crippen LogP contribution in [0.3, 0.4) is 0 Å². The first-order valence-corrected chi connectivity index (χ1v) is 10.4. The summed E-state index contributed by atoms with van der Waals surface area (Å²) in [7, 11) is -2.37. The SMILES string of the molecule is CN(c1ccccc1)S(=O)(=O)c1cccc(C(=O)Nc2cccc(Cl)c2Cl)c1. The van der Waals surface area contributed by atoms with Gasteiger partial charge in [0, 0.05) is 12.6 Å². The highest BCUT2D eigenvalue weighted by Gasteiger charge is 2.22. The molecule has 28 heavy (non-hydrogen) atoms. The molecule has 0 heterocycles. The van der Waals surface area contributed by atoms with Crippen LogP contribution in [0.5, 0.6) is 0 Å². The van der Waals surface area contributed by atoms with Gasteiger partial charge in [0.25, 0.3) is 15.9 Å². The summed E-state index contributed by atoms with van der Waals surface area (Å²) in [5, 5.41) is 3.16. The number of hydrogen-bond acceptors (Lipinski definition) is 3. The molecule has 3 aromatic carbocycles. The van der Waals surface area contributed by atoms with E-state index in [-0.39, 0.29) is 15.5 Å². The van der Waals surface area contributed by atoms with Gasteiger partial charge in [-0.15, -0.1) is 0 Å². The largest absolute Gasteiger partial charge is 0.321 e. The normalized spacial score (nSPS) is 11.1. The van der Waals surface area contributed by atoms with Gasteiger partial charge in [0.2, 0.25) is 0 Å². The van der Waals surface area contributed by atoms with Gasteiger partial charge in [-0.25, -0.2) is 8.42 Å². The van der Waals surface area contributed by atoms with Crippen LogP contribution in [0.15, 0.2) is 77.7 Å². The second kappa shape index (κ2) is 8.22. The summed E-state index contributed by atoms with van der Waals surface area (Å²) < 4.78 is 27.0. The summed E-state index contributed by atoms with van der Waals surface area (Å²) in [6.45, 7) is 0. The van der Waals surface area contributed by atoms with Crippen LogP contribution in [0.1, 0.15) is 10.4 Å². The molecule has 5 nitrogen and oxygen atoms in total. The Kier molecular flexibility index (Phi) is 5.93. The molecular formula is C20H16Cl2N2O3S. The maximum Gasteiger partial charge on any atom is 0.264 e. The standard InChI is InChI=1S/C20H16Cl2N2O3S/c1-24(15-8-3-2-4-9-15)28(26,27)16-10-5-7-14(13-16)20(25)23-18-12-6-11-17(21)19(18)22/h2-13H,1H3,(H,23,25). The Hall–Kier alpha value is -2.54. The Bertz CT molecular complexity index is 1120. The van der Waals surface area contributed by atoms with Gasteiger partial charge < -0.3 is 5.32 Å².